The number of aryl methyl sites for hydroxylation is 1. The zero-order valence-electron chi connectivity index (χ0n) is 15.3. The van der Waals surface area contributed by atoms with Crippen molar-refractivity contribution < 1.29 is 0 Å². The van der Waals surface area contributed by atoms with Crippen molar-refractivity contribution in [3.05, 3.63) is 58.9 Å². The van der Waals surface area contributed by atoms with Crippen LogP contribution in [-0.2, 0) is 6.42 Å². The summed E-state index contributed by atoms with van der Waals surface area (Å²) in [6.07, 6.45) is 2.90. The molecule has 140 valence electrons. The fourth-order valence-electron chi connectivity index (χ4n) is 3.16. The van der Waals surface area contributed by atoms with Crippen LogP contribution in [0.15, 0.2) is 42.6 Å². The summed E-state index contributed by atoms with van der Waals surface area (Å²) in [6.45, 7) is 7.13. The van der Waals surface area contributed by atoms with Gasteiger partial charge in [0, 0.05) is 66.7 Å². The molecule has 1 aliphatic rings. The van der Waals surface area contributed by atoms with Gasteiger partial charge in [-0.1, -0.05) is 23.7 Å². The van der Waals surface area contributed by atoms with Gasteiger partial charge >= 0.3 is 0 Å². The zero-order valence-corrected chi connectivity index (χ0v) is 16.9. The highest BCUT2D eigenvalue weighted by Crippen LogP contribution is 2.24. The summed E-state index contributed by atoms with van der Waals surface area (Å²) in [4.78, 5) is 13.9. The number of pyridine rings is 1. The van der Waals surface area contributed by atoms with Crippen molar-refractivity contribution >= 4 is 28.3 Å². The first-order valence-electron chi connectivity index (χ1n) is 9.16. The van der Waals surface area contributed by atoms with Crippen molar-refractivity contribution in [2.75, 3.05) is 37.6 Å². The van der Waals surface area contributed by atoms with E-state index in [2.05, 4.69) is 31.3 Å². The lowest BCUT2D eigenvalue weighted by Gasteiger charge is -2.34. The number of aromatic nitrogens is 3. The van der Waals surface area contributed by atoms with Crippen LogP contribution in [-0.4, -0.2) is 52.0 Å². The van der Waals surface area contributed by atoms with Crippen molar-refractivity contribution in [2.24, 2.45) is 0 Å². The molecule has 27 heavy (non-hydrogen) atoms. The van der Waals surface area contributed by atoms with Crippen molar-refractivity contribution in [3.8, 4) is 11.4 Å². The van der Waals surface area contributed by atoms with Crippen molar-refractivity contribution in [2.45, 2.75) is 13.3 Å². The normalized spacial score (nSPS) is 15.3. The maximum atomic E-state index is 5.95. The Labute approximate surface area is 168 Å². The number of rotatable bonds is 5. The summed E-state index contributed by atoms with van der Waals surface area (Å²) in [7, 11) is 0. The quantitative estimate of drug-likeness (QED) is 0.650. The standard InChI is InChI=1S/C20H22ClN5S/c1-15-2-5-17(14-22-15)19-23-20(27-24-19)26-12-10-25(11-13-26)9-8-16-3-6-18(21)7-4-16/h2-7,14H,8-13H2,1H3. The highest BCUT2D eigenvalue weighted by Gasteiger charge is 2.20. The van der Waals surface area contributed by atoms with Crippen LogP contribution in [0.4, 0.5) is 5.13 Å². The van der Waals surface area contributed by atoms with E-state index in [0.29, 0.717) is 0 Å². The third kappa shape index (κ3) is 4.64. The molecule has 5 nitrogen and oxygen atoms in total. The first-order valence-corrected chi connectivity index (χ1v) is 10.3. The van der Waals surface area contributed by atoms with Crippen LogP contribution in [0.1, 0.15) is 11.3 Å². The molecule has 1 saturated heterocycles. The van der Waals surface area contributed by atoms with Crippen LogP contribution in [0.5, 0.6) is 0 Å². The fourth-order valence-corrected chi connectivity index (χ4v) is 4.03. The van der Waals surface area contributed by atoms with Crippen molar-refractivity contribution in [1.29, 1.82) is 0 Å². The molecule has 1 aliphatic heterocycles. The Bertz CT molecular complexity index is 870. The molecular formula is C20H22ClN5S. The molecule has 3 aromatic rings. The van der Waals surface area contributed by atoms with E-state index in [-0.39, 0.29) is 0 Å². The molecule has 0 aliphatic carbocycles. The maximum absolute atomic E-state index is 5.95. The SMILES string of the molecule is Cc1ccc(-c2nsc(N3CCN(CCc4ccc(Cl)cc4)CC3)n2)cn1. The summed E-state index contributed by atoms with van der Waals surface area (Å²) in [5, 5.41) is 1.80. The van der Waals surface area contributed by atoms with Gasteiger partial charge in [0.2, 0.25) is 5.13 Å². The predicted molar refractivity (Wildman–Crippen MR) is 112 cm³/mol. The number of anilines is 1. The highest BCUT2D eigenvalue weighted by molar-refractivity contribution is 7.09. The Balaban J connectivity index is 1.30. The lowest BCUT2D eigenvalue weighted by atomic mass is 10.1. The van der Waals surface area contributed by atoms with E-state index in [9.17, 15) is 0 Å². The Morgan fingerprint density at radius 1 is 1.04 bits per heavy atom. The van der Waals surface area contributed by atoms with Crippen LogP contribution in [0, 0.1) is 6.92 Å². The van der Waals surface area contributed by atoms with Gasteiger partial charge in [0.1, 0.15) is 0 Å². The maximum Gasteiger partial charge on any atom is 0.205 e. The second kappa shape index (κ2) is 8.33. The molecule has 1 fully saturated rings. The van der Waals surface area contributed by atoms with E-state index in [1.165, 1.54) is 17.1 Å². The summed E-state index contributed by atoms with van der Waals surface area (Å²) in [6, 6.07) is 12.2. The van der Waals surface area contributed by atoms with Crippen LogP contribution in [0.25, 0.3) is 11.4 Å². The Morgan fingerprint density at radius 3 is 2.52 bits per heavy atom. The molecule has 0 amide bonds. The van der Waals surface area contributed by atoms with Crippen LogP contribution >= 0.6 is 23.1 Å². The molecule has 3 heterocycles. The molecule has 7 heteroatoms. The van der Waals surface area contributed by atoms with E-state index in [1.54, 1.807) is 0 Å². The minimum Gasteiger partial charge on any atom is -0.344 e. The Morgan fingerprint density at radius 2 is 1.81 bits per heavy atom. The largest absolute Gasteiger partial charge is 0.344 e. The Kier molecular flexibility index (Phi) is 5.66. The highest BCUT2D eigenvalue weighted by atomic mass is 35.5. The van der Waals surface area contributed by atoms with Gasteiger partial charge < -0.3 is 4.90 Å². The second-order valence-corrected chi connectivity index (χ2v) is 7.96. The van der Waals surface area contributed by atoms with Gasteiger partial charge in [0.25, 0.3) is 0 Å². The van der Waals surface area contributed by atoms with E-state index in [4.69, 9.17) is 16.6 Å². The van der Waals surface area contributed by atoms with E-state index < -0.39 is 0 Å². The first kappa shape index (κ1) is 18.3. The third-order valence-electron chi connectivity index (χ3n) is 4.86. The van der Waals surface area contributed by atoms with Gasteiger partial charge in [-0.05, 0) is 43.2 Å². The number of nitrogens with zero attached hydrogens (tertiary/aromatic N) is 5. The molecule has 2 aromatic heterocycles. The van der Waals surface area contributed by atoms with E-state index in [0.717, 1.165) is 66.4 Å². The molecule has 0 saturated carbocycles. The molecule has 0 N–H and O–H groups in total. The number of halogens is 1. The second-order valence-electron chi connectivity index (χ2n) is 6.79. The van der Waals surface area contributed by atoms with Gasteiger partial charge in [0.05, 0.1) is 0 Å². The minimum atomic E-state index is 0.771. The Hall–Kier alpha value is -2.02. The molecule has 0 radical (unpaired) electrons. The van der Waals surface area contributed by atoms with Crippen molar-refractivity contribution in [3.63, 3.8) is 0 Å². The summed E-state index contributed by atoms with van der Waals surface area (Å²) in [5.41, 5.74) is 3.32. The number of piperazine rings is 1. The van der Waals surface area contributed by atoms with Crippen LogP contribution in [0.3, 0.4) is 0 Å². The van der Waals surface area contributed by atoms with Gasteiger partial charge in [-0.2, -0.15) is 9.36 Å². The van der Waals surface area contributed by atoms with Crippen molar-refractivity contribution in [1.82, 2.24) is 19.2 Å². The van der Waals surface area contributed by atoms with Crippen LogP contribution in [0.2, 0.25) is 5.02 Å². The minimum absolute atomic E-state index is 0.771. The zero-order chi connectivity index (χ0) is 18.6. The topological polar surface area (TPSA) is 45.2 Å². The first-order chi connectivity index (χ1) is 13.2. The summed E-state index contributed by atoms with van der Waals surface area (Å²) >= 11 is 7.43. The van der Waals surface area contributed by atoms with E-state index >= 15 is 0 Å². The molecule has 4 rings (SSSR count). The van der Waals surface area contributed by atoms with Gasteiger partial charge in [0.15, 0.2) is 5.82 Å². The summed E-state index contributed by atoms with van der Waals surface area (Å²) in [5.74, 6) is 0.771. The van der Waals surface area contributed by atoms with Gasteiger partial charge in [-0.25, -0.2) is 0 Å². The van der Waals surface area contributed by atoms with Gasteiger partial charge in [-0.3, -0.25) is 9.88 Å². The molecule has 0 bridgehead atoms. The average Bonchev–Trinajstić information content (AvgIpc) is 3.19. The molecule has 1 aromatic carbocycles. The van der Waals surface area contributed by atoms with Crippen LogP contribution < -0.4 is 4.90 Å². The smallest absolute Gasteiger partial charge is 0.205 e. The molecule has 0 atom stereocenters. The molecule has 0 unspecified atom stereocenters. The number of benzene rings is 1. The average molecular weight is 400 g/mol. The van der Waals surface area contributed by atoms with Gasteiger partial charge in [-0.15, -0.1) is 0 Å². The lowest BCUT2D eigenvalue weighted by Crippen LogP contribution is -2.47. The summed E-state index contributed by atoms with van der Waals surface area (Å²) < 4.78 is 4.52. The van der Waals surface area contributed by atoms with E-state index in [1.807, 2.05) is 37.4 Å². The number of hydrogen-bond donors (Lipinski definition) is 0. The third-order valence-corrected chi connectivity index (χ3v) is 5.89. The monoisotopic (exact) mass is 399 g/mol. The molecule has 0 spiro atoms. The predicted octanol–water partition coefficient (Wildman–Crippen LogP) is 3.93. The number of hydrogen-bond acceptors (Lipinski definition) is 6. The molecular weight excluding hydrogens is 378 g/mol. The lowest BCUT2D eigenvalue weighted by molar-refractivity contribution is 0.261. The fraction of sp³-hybridized carbons (Fsp3) is 0.350.